The van der Waals surface area contributed by atoms with Crippen molar-refractivity contribution in [2.45, 2.75) is 57.8 Å². The Kier molecular flexibility index (Phi) is 5.16. The number of hydrogen-bond acceptors (Lipinski definition) is 7. The highest BCUT2D eigenvalue weighted by atomic mass is 32.1. The van der Waals surface area contributed by atoms with Gasteiger partial charge in [0.05, 0.1) is 0 Å². The summed E-state index contributed by atoms with van der Waals surface area (Å²) >= 11 is 1.80. The number of rotatable bonds is 4. The SMILES string of the molecule is CC(C)c1ccc2oc(N3CCN(c4nnc(C5CCCCC5)s4)CC3)nc2c1. The van der Waals surface area contributed by atoms with Gasteiger partial charge in [0, 0.05) is 32.1 Å². The van der Waals surface area contributed by atoms with Gasteiger partial charge in [0.25, 0.3) is 6.01 Å². The van der Waals surface area contributed by atoms with E-state index in [0.717, 1.165) is 48.4 Å². The number of fused-ring (bicyclic) bond motifs is 1. The molecule has 6 nitrogen and oxygen atoms in total. The molecular weight excluding hydrogens is 382 g/mol. The molecule has 154 valence electrons. The molecule has 5 rings (SSSR count). The Labute approximate surface area is 175 Å². The summed E-state index contributed by atoms with van der Waals surface area (Å²) in [5.74, 6) is 1.13. The van der Waals surface area contributed by atoms with E-state index in [1.54, 1.807) is 11.3 Å². The molecule has 1 saturated carbocycles. The van der Waals surface area contributed by atoms with E-state index in [9.17, 15) is 0 Å². The van der Waals surface area contributed by atoms with Gasteiger partial charge in [-0.15, -0.1) is 10.2 Å². The third-order valence-corrected chi connectivity index (χ3v) is 7.42. The van der Waals surface area contributed by atoms with Gasteiger partial charge in [-0.3, -0.25) is 0 Å². The molecule has 0 unspecified atom stereocenters. The van der Waals surface area contributed by atoms with Crippen LogP contribution < -0.4 is 9.80 Å². The molecule has 3 aromatic rings. The number of oxazole rings is 1. The van der Waals surface area contributed by atoms with E-state index in [2.05, 4.69) is 46.0 Å². The summed E-state index contributed by atoms with van der Waals surface area (Å²) in [6.07, 6.45) is 6.60. The van der Waals surface area contributed by atoms with Crippen molar-refractivity contribution in [1.82, 2.24) is 15.2 Å². The maximum Gasteiger partial charge on any atom is 0.298 e. The van der Waals surface area contributed by atoms with Crippen LogP contribution in [0.1, 0.15) is 68.4 Å². The summed E-state index contributed by atoms with van der Waals surface area (Å²) in [6, 6.07) is 7.07. The van der Waals surface area contributed by atoms with E-state index in [1.165, 1.54) is 42.7 Å². The third kappa shape index (κ3) is 3.84. The molecular formula is C22H29N5OS. The monoisotopic (exact) mass is 411 g/mol. The molecule has 0 amide bonds. The number of piperazine rings is 1. The number of nitrogens with zero attached hydrogens (tertiary/aromatic N) is 5. The van der Waals surface area contributed by atoms with Crippen molar-refractivity contribution in [1.29, 1.82) is 0 Å². The van der Waals surface area contributed by atoms with Gasteiger partial charge in [-0.2, -0.15) is 4.98 Å². The average Bonchev–Trinajstić information content (AvgIpc) is 3.41. The smallest absolute Gasteiger partial charge is 0.298 e. The fraction of sp³-hybridized carbons (Fsp3) is 0.591. The molecule has 0 N–H and O–H groups in total. The van der Waals surface area contributed by atoms with Crippen molar-refractivity contribution in [3.63, 3.8) is 0 Å². The van der Waals surface area contributed by atoms with Gasteiger partial charge >= 0.3 is 0 Å². The van der Waals surface area contributed by atoms with Crippen molar-refractivity contribution in [2.24, 2.45) is 0 Å². The third-order valence-electron chi connectivity index (χ3n) is 6.27. The summed E-state index contributed by atoms with van der Waals surface area (Å²) in [4.78, 5) is 9.36. The summed E-state index contributed by atoms with van der Waals surface area (Å²) in [5, 5.41) is 11.3. The molecule has 1 aliphatic heterocycles. The number of benzene rings is 1. The van der Waals surface area contributed by atoms with Gasteiger partial charge < -0.3 is 14.2 Å². The van der Waals surface area contributed by atoms with E-state index in [1.807, 2.05) is 6.07 Å². The highest BCUT2D eigenvalue weighted by Crippen LogP contribution is 2.36. The van der Waals surface area contributed by atoms with Crippen LogP contribution >= 0.6 is 11.3 Å². The molecule has 1 aliphatic carbocycles. The fourth-order valence-corrected chi connectivity index (χ4v) is 5.45. The molecule has 2 aromatic heterocycles. The van der Waals surface area contributed by atoms with Crippen molar-refractivity contribution in [2.75, 3.05) is 36.0 Å². The Morgan fingerprint density at radius 3 is 2.52 bits per heavy atom. The van der Waals surface area contributed by atoms with Gasteiger partial charge in [-0.1, -0.05) is 50.5 Å². The molecule has 0 bridgehead atoms. The second-order valence-corrected chi connectivity index (χ2v) is 9.60. The van der Waals surface area contributed by atoms with E-state index in [-0.39, 0.29) is 0 Å². The molecule has 1 aromatic carbocycles. The maximum absolute atomic E-state index is 6.04. The van der Waals surface area contributed by atoms with Gasteiger partial charge in [0.15, 0.2) is 5.58 Å². The molecule has 2 aliphatic rings. The van der Waals surface area contributed by atoms with Crippen LogP contribution in [-0.2, 0) is 0 Å². The van der Waals surface area contributed by atoms with E-state index < -0.39 is 0 Å². The second kappa shape index (κ2) is 7.94. The van der Waals surface area contributed by atoms with Gasteiger partial charge in [0.1, 0.15) is 10.5 Å². The summed E-state index contributed by atoms with van der Waals surface area (Å²) in [7, 11) is 0. The first-order valence-electron chi connectivity index (χ1n) is 10.9. The van der Waals surface area contributed by atoms with Gasteiger partial charge in [-0.05, 0) is 36.5 Å². The van der Waals surface area contributed by atoms with Crippen LogP contribution in [0.15, 0.2) is 22.6 Å². The lowest BCUT2D eigenvalue weighted by Gasteiger charge is -2.33. The van der Waals surface area contributed by atoms with Crippen LogP contribution in [0.4, 0.5) is 11.1 Å². The number of anilines is 2. The fourth-order valence-electron chi connectivity index (χ4n) is 4.38. The minimum absolute atomic E-state index is 0.494. The highest BCUT2D eigenvalue weighted by Gasteiger charge is 2.25. The van der Waals surface area contributed by atoms with Crippen molar-refractivity contribution < 1.29 is 4.42 Å². The van der Waals surface area contributed by atoms with Crippen molar-refractivity contribution in [3.05, 3.63) is 28.8 Å². The molecule has 0 radical (unpaired) electrons. The largest absolute Gasteiger partial charge is 0.423 e. The van der Waals surface area contributed by atoms with Crippen molar-refractivity contribution in [3.8, 4) is 0 Å². The molecule has 3 heterocycles. The maximum atomic E-state index is 6.04. The first kappa shape index (κ1) is 18.9. The van der Waals surface area contributed by atoms with Gasteiger partial charge in [0.2, 0.25) is 5.13 Å². The lowest BCUT2D eigenvalue weighted by Crippen LogP contribution is -2.46. The lowest BCUT2D eigenvalue weighted by molar-refractivity contribution is 0.440. The molecule has 0 spiro atoms. The lowest BCUT2D eigenvalue weighted by atomic mass is 9.90. The molecule has 2 fully saturated rings. The highest BCUT2D eigenvalue weighted by molar-refractivity contribution is 7.15. The predicted molar refractivity (Wildman–Crippen MR) is 118 cm³/mol. The second-order valence-electron chi connectivity index (χ2n) is 8.61. The van der Waals surface area contributed by atoms with E-state index in [0.29, 0.717) is 11.8 Å². The van der Waals surface area contributed by atoms with E-state index in [4.69, 9.17) is 9.40 Å². The number of hydrogen-bond donors (Lipinski definition) is 0. The Morgan fingerprint density at radius 2 is 1.76 bits per heavy atom. The predicted octanol–water partition coefficient (Wildman–Crippen LogP) is 5.18. The summed E-state index contributed by atoms with van der Waals surface area (Å²) < 4.78 is 6.04. The quantitative estimate of drug-likeness (QED) is 0.590. The average molecular weight is 412 g/mol. The Hall–Kier alpha value is -2.15. The molecule has 7 heteroatoms. The zero-order chi connectivity index (χ0) is 19.8. The Morgan fingerprint density at radius 1 is 1.00 bits per heavy atom. The zero-order valence-electron chi connectivity index (χ0n) is 17.3. The van der Waals surface area contributed by atoms with Crippen LogP contribution in [0.25, 0.3) is 11.1 Å². The zero-order valence-corrected chi connectivity index (χ0v) is 18.1. The first-order chi connectivity index (χ1) is 14.2. The first-order valence-corrected chi connectivity index (χ1v) is 11.7. The van der Waals surface area contributed by atoms with E-state index >= 15 is 0 Å². The van der Waals surface area contributed by atoms with Crippen molar-refractivity contribution >= 4 is 33.6 Å². The Bertz CT molecular complexity index is 967. The van der Waals surface area contributed by atoms with Crippen LogP contribution in [0.2, 0.25) is 0 Å². The topological polar surface area (TPSA) is 58.3 Å². The molecule has 1 saturated heterocycles. The molecule has 0 atom stereocenters. The standard InChI is InChI=1S/C22H29N5OS/c1-15(2)17-8-9-19-18(14-17)23-21(28-19)26-10-12-27(13-11-26)22-25-24-20(29-22)16-6-4-3-5-7-16/h8-9,14-16H,3-7,10-13H2,1-2H3. The van der Waals surface area contributed by atoms with Crippen LogP contribution in [0.3, 0.4) is 0 Å². The van der Waals surface area contributed by atoms with Gasteiger partial charge in [-0.25, -0.2) is 0 Å². The molecule has 29 heavy (non-hydrogen) atoms. The Balaban J connectivity index is 1.24. The summed E-state index contributed by atoms with van der Waals surface area (Å²) in [6.45, 7) is 8.04. The van der Waals surface area contributed by atoms with Crippen LogP contribution in [0.5, 0.6) is 0 Å². The minimum atomic E-state index is 0.494. The van der Waals surface area contributed by atoms with Crippen LogP contribution in [0, 0.1) is 0 Å². The normalized spacial score (nSPS) is 18.9. The number of aromatic nitrogens is 3. The minimum Gasteiger partial charge on any atom is -0.423 e. The summed E-state index contributed by atoms with van der Waals surface area (Å²) in [5.41, 5.74) is 3.12. The van der Waals surface area contributed by atoms with Crippen LogP contribution in [-0.4, -0.2) is 41.4 Å².